The predicted octanol–water partition coefficient (Wildman–Crippen LogP) is 2.89. The third-order valence-electron chi connectivity index (χ3n) is 4.43. The van der Waals surface area contributed by atoms with Crippen LogP contribution >= 0.6 is 27.7 Å². The van der Waals surface area contributed by atoms with Crippen LogP contribution in [0.2, 0.25) is 0 Å². The van der Waals surface area contributed by atoms with E-state index in [1.807, 2.05) is 24.3 Å². The number of hydrogen-bond donors (Lipinski definition) is 1. The Balaban J connectivity index is 1.27. The largest absolute Gasteiger partial charge is 0.490 e. The summed E-state index contributed by atoms with van der Waals surface area (Å²) >= 11 is 4.51. The first-order valence-corrected chi connectivity index (χ1v) is 9.56. The van der Waals surface area contributed by atoms with Gasteiger partial charge in [-0.1, -0.05) is 15.9 Å². The number of aromatic nitrogens is 2. The molecular weight excluding hydrogens is 394 g/mol. The third kappa shape index (κ3) is 3.50. The van der Waals surface area contributed by atoms with Crippen molar-refractivity contribution in [3.63, 3.8) is 0 Å². The molecule has 6 nitrogen and oxygen atoms in total. The fraction of sp³-hybridized carbons (Fsp3) is 0.500. The summed E-state index contributed by atoms with van der Waals surface area (Å²) in [4.78, 5) is 0. The van der Waals surface area contributed by atoms with Crippen molar-refractivity contribution in [2.45, 2.75) is 25.0 Å². The number of nitrogens with zero attached hydrogens (tertiary/aromatic N) is 2. The van der Waals surface area contributed by atoms with Gasteiger partial charge in [0.2, 0.25) is 0 Å². The number of rotatable bonds is 7. The van der Waals surface area contributed by atoms with E-state index in [0.717, 1.165) is 28.5 Å². The molecule has 1 saturated carbocycles. The number of hydrogen-bond acceptors (Lipinski definition) is 7. The maximum absolute atomic E-state index is 6.07. The zero-order valence-electron chi connectivity index (χ0n) is 13.0. The van der Waals surface area contributed by atoms with Gasteiger partial charge in [-0.25, -0.2) is 0 Å². The Labute approximate surface area is 153 Å². The number of fused-ring (bicyclic) bond motifs is 2. The summed E-state index contributed by atoms with van der Waals surface area (Å²) < 4.78 is 26.8. The molecule has 1 N–H and O–H groups in total. The molecule has 2 aromatic rings. The second-order valence-electron chi connectivity index (χ2n) is 5.96. The molecule has 2 heterocycles. The molecule has 3 unspecified atom stereocenters. The van der Waals surface area contributed by atoms with Crippen LogP contribution in [-0.4, -0.2) is 40.7 Å². The second-order valence-corrected chi connectivity index (χ2v) is 7.40. The molecule has 4 rings (SSSR count). The highest BCUT2D eigenvalue weighted by atomic mass is 79.9. The molecule has 3 atom stereocenters. The SMILES string of the molecule is Brc1ccc(OCCOc2nsnc2OC2C3CCC2NC3)cc1. The van der Waals surface area contributed by atoms with Gasteiger partial charge in [-0.3, -0.25) is 0 Å². The van der Waals surface area contributed by atoms with Gasteiger partial charge in [0.25, 0.3) is 11.8 Å². The minimum Gasteiger partial charge on any atom is -0.490 e. The average Bonchev–Trinajstić information content (AvgIpc) is 3.31. The Kier molecular flexibility index (Phi) is 4.86. The second kappa shape index (κ2) is 7.25. The number of halogens is 1. The van der Waals surface area contributed by atoms with E-state index in [4.69, 9.17) is 14.2 Å². The first-order chi connectivity index (χ1) is 11.8. The molecule has 0 spiro atoms. The highest BCUT2D eigenvalue weighted by molar-refractivity contribution is 9.10. The van der Waals surface area contributed by atoms with Gasteiger partial charge in [-0.15, -0.1) is 8.75 Å². The third-order valence-corrected chi connectivity index (χ3v) is 5.46. The Morgan fingerprint density at radius 1 is 1.08 bits per heavy atom. The van der Waals surface area contributed by atoms with Crippen molar-refractivity contribution >= 4 is 27.7 Å². The number of piperidine rings is 1. The van der Waals surface area contributed by atoms with Crippen molar-refractivity contribution in [1.29, 1.82) is 0 Å². The average molecular weight is 412 g/mol. The molecule has 8 heteroatoms. The number of nitrogens with one attached hydrogen (secondary N) is 1. The van der Waals surface area contributed by atoms with Gasteiger partial charge < -0.3 is 19.5 Å². The molecule has 1 aliphatic carbocycles. The van der Waals surface area contributed by atoms with Crippen molar-refractivity contribution < 1.29 is 14.2 Å². The van der Waals surface area contributed by atoms with Crippen LogP contribution in [0.25, 0.3) is 0 Å². The Hall–Kier alpha value is -1.38. The maximum atomic E-state index is 6.07. The van der Waals surface area contributed by atoms with Gasteiger partial charge in [0.1, 0.15) is 25.1 Å². The molecule has 2 aliphatic rings. The van der Waals surface area contributed by atoms with Crippen molar-refractivity contribution in [3.05, 3.63) is 28.7 Å². The molecular formula is C16H18BrN3O3S. The quantitative estimate of drug-likeness (QED) is 0.706. The predicted molar refractivity (Wildman–Crippen MR) is 94.0 cm³/mol. The standard InChI is InChI=1S/C16H18BrN3O3S/c17-11-2-4-12(5-3-11)21-7-8-22-15-16(20-24-19-15)23-14-10-1-6-13(14)18-9-10/h2-5,10,13-14,18H,1,6-9H2. The summed E-state index contributed by atoms with van der Waals surface area (Å²) in [6.07, 6.45) is 2.58. The summed E-state index contributed by atoms with van der Waals surface area (Å²) in [5.41, 5.74) is 0. The summed E-state index contributed by atoms with van der Waals surface area (Å²) in [6, 6.07) is 8.13. The van der Waals surface area contributed by atoms with Gasteiger partial charge in [0, 0.05) is 23.0 Å². The smallest absolute Gasteiger partial charge is 0.291 e. The van der Waals surface area contributed by atoms with Crippen LogP contribution < -0.4 is 19.5 Å². The summed E-state index contributed by atoms with van der Waals surface area (Å²) in [5, 5.41) is 3.48. The molecule has 1 aromatic carbocycles. The van der Waals surface area contributed by atoms with Gasteiger partial charge in [-0.2, -0.15) is 0 Å². The lowest BCUT2D eigenvalue weighted by Crippen LogP contribution is -2.31. The van der Waals surface area contributed by atoms with Gasteiger partial charge in [0.15, 0.2) is 0 Å². The van der Waals surface area contributed by atoms with Crippen LogP contribution in [-0.2, 0) is 0 Å². The van der Waals surface area contributed by atoms with Crippen LogP contribution in [0.1, 0.15) is 12.8 Å². The summed E-state index contributed by atoms with van der Waals surface area (Å²) in [5.74, 6) is 2.36. The minimum atomic E-state index is 0.190. The van der Waals surface area contributed by atoms with E-state index in [1.54, 1.807) is 0 Å². The maximum Gasteiger partial charge on any atom is 0.291 e. The highest BCUT2D eigenvalue weighted by Gasteiger charge is 2.44. The van der Waals surface area contributed by atoms with E-state index in [1.165, 1.54) is 12.8 Å². The van der Waals surface area contributed by atoms with E-state index in [0.29, 0.717) is 36.9 Å². The lowest BCUT2D eigenvalue weighted by atomic mass is 10.1. The van der Waals surface area contributed by atoms with Gasteiger partial charge in [-0.05, 0) is 37.1 Å². The number of ether oxygens (including phenoxy) is 3. The van der Waals surface area contributed by atoms with E-state index in [2.05, 4.69) is 30.0 Å². The molecule has 2 bridgehead atoms. The fourth-order valence-electron chi connectivity index (χ4n) is 3.26. The fourth-order valence-corrected chi connectivity index (χ4v) is 3.96. The lowest BCUT2D eigenvalue weighted by Gasteiger charge is -2.16. The molecule has 1 aliphatic heterocycles. The first kappa shape index (κ1) is 16.1. The molecule has 0 amide bonds. The molecule has 1 aromatic heterocycles. The minimum absolute atomic E-state index is 0.190. The van der Waals surface area contributed by atoms with Crippen molar-refractivity contribution in [3.8, 4) is 17.5 Å². The van der Waals surface area contributed by atoms with Crippen LogP contribution in [0.3, 0.4) is 0 Å². The zero-order chi connectivity index (χ0) is 16.4. The first-order valence-electron chi connectivity index (χ1n) is 8.03. The molecule has 0 radical (unpaired) electrons. The van der Waals surface area contributed by atoms with Crippen LogP contribution in [0, 0.1) is 5.92 Å². The molecule has 2 fully saturated rings. The number of benzene rings is 1. The Bertz CT molecular complexity index is 661. The van der Waals surface area contributed by atoms with E-state index in [9.17, 15) is 0 Å². The zero-order valence-corrected chi connectivity index (χ0v) is 15.4. The summed E-state index contributed by atoms with van der Waals surface area (Å²) in [7, 11) is 0. The summed E-state index contributed by atoms with van der Waals surface area (Å²) in [6.45, 7) is 1.87. The highest BCUT2D eigenvalue weighted by Crippen LogP contribution is 2.36. The van der Waals surface area contributed by atoms with Crippen LogP contribution in [0.15, 0.2) is 28.7 Å². The van der Waals surface area contributed by atoms with Crippen LogP contribution in [0.5, 0.6) is 17.5 Å². The molecule has 128 valence electrons. The Morgan fingerprint density at radius 3 is 2.58 bits per heavy atom. The van der Waals surface area contributed by atoms with Crippen LogP contribution in [0.4, 0.5) is 0 Å². The van der Waals surface area contributed by atoms with E-state index >= 15 is 0 Å². The van der Waals surface area contributed by atoms with Crippen molar-refractivity contribution in [2.75, 3.05) is 19.8 Å². The molecule has 1 saturated heterocycles. The van der Waals surface area contributed by atoms with Crippen molar-refractivity contribution in [2.24, 2.45) is 5.92 Å². The van der Waals surface area contributed by atoms with Gasteiger partial charge in [0.05, 0.1) is 11.7 Å². The Morgan fingerprint density at radius 2 is 1.88 bits per heavy atom. The lowest BCUT2D eigenvalue weighted by molar-refractivity contribution is 0.153. The normalized spacial score (nSPS) is 25.0. The van der Waals surface area contributed by atoms with E-state index < -0.39 is 0 Å². The van der Waals surface area contributed by atoms with Crippen molar-refractivity contribution in [1.82, 2.24) is 14.1 Å². The van der Waals surface area contributed by atoms with Gasteiger partial charge >= 0.3 is 0 Å². The van der Waals surface area contributed by atoms with E-state index in [-0.39, 0.29) is 6.10 Å². The topological polar surface area (TPSA) is 65.5 Å². The monoisotopic (exact) mass is 411 g/mol. The molecule has 24 heavy (non-hydrogen) atoms.